The summed E-state index contributed by atoms with van der Waals surface area (Å²) in [5.41, 5.74) is -0.276. The predicted octanol–water partition coefficient (Wildman–Crippen LogP) is 2.46. The van der Waals surface area contributed by atoms with E-state index in [9.17, 15) is 24.8 Å². The number of aromatic nitrogens is 2. The third-order valence-electron chi connectivity index (χ3n) is 6.72. The molecule has 11 nitrogen and oxygen atoms in total. The van der Waals surface area contributed by atoms with E-state index in [-0.39, 0.29) is 71.5 Å². The maximum atomic E-state index is 13.4. The number of benzene rings is 1. The fourth-order valence-corrected chi connectivity index (χ4v) is 5.29. The van der Waals surface area contributed by atoms with Crippen LogP contribution in [0.3, 0.4) is 0 Å². The standard InChI is InChI=1S/C22H16ClN3O8/c1-2-22(29)12-3-14-17-10(6-25(14)20(27)11(12)7-32-21(22)28)9(5-23)16-13(24-17)4-15-19(34-8-33-15)18(16)26(30)31/h3-4,29H,2,5-8H2,1H3/t22-/m0/s1. The number of hydrogen-bond acceptors (Lipinski definition) is 9. The molecule has 2 aromatic heterocycles. The van der Waals surface area contributed by atoms with E-state index in [2.05, 4.69) is 4.98 Å². The lowest BCUT2D eigenvalue weighted by Gasteiger charge is -2.31. The molecule has 0 radical (unpaired) electrons. The summed E-state index contributed by atoms with van der Waals surface area (Å²) in [5.74, 6) is -0.694. The van der Waals surface area contributed by atoms with Crippen molar-refractivity contribution >= 4 is 34.2 Å². The Morgan fingerprint density at radius 3 is 2.76 bits per heavy atom. The number of nitro benzene ring substituents is 1. The minimum atomic E-state index is -1.96. The maximum Gasteiger partial charge on any atom is 0.343 e. The molecule has 6 rings (SSSR count). The van der Waals surface area contributed by atoms with Crippen LogP contribution in [0.5, 0.6) is 11.5 Å². The van der Waals surface area contributed by atoms with Crippen molar-refractivity contribution in [2.24, 2.45) is 0 Å². The van der Waals surface area contributed by atoms with Crippen LogP contribution in [0.1, 0.15) is 35.6 Å². The van der Waals surface area contributed by atoms with Crippen LogP contribution in [-0.4, -0.2) is 32.3 Å². The molecule has 0 bridgehead atoms. The number of carbonyl (C=O) groups is 1. The molecule has 0 unspecified atom stereocenters. The number of halogens is 1. The summed E-state index contributed by atoms with van der Waals surface area (Å²) in [6.07, 6.45) is 0.0162. The van der Waals surface area contributed by atoms with Gasteiger partial charge in [0.25, 0.3) is 5.56 Å². The molecule has 174 valence electrons. The van der Waals surface area contributed by atoms with Crippen LogP contribution >= 0.6 is 11.6 Å². The van der Waals surface area contributed by atoms with E-state index in [1.54, 1.807) is 19.1 Å². The van der Waals surface area contributed by atoms with Crippen molar-refractivity contribution in [1.82, 2.24) is 9.55 Å². The van der Waals surface area contributed by atoms with Gasteiger partial charge >= 0.3 is 11.7 Å². The topological polar surface area (TPSA) is 143 Å². The average Bonchev–Trinajstić information content (AvgIpc) is 3.43. The van der Waals surface area contributed by atoms with Crippen LogP contribution in [0, 0.1) is 10.1 Å². The van der Waals surface area contributed by atoms with Crippen molar-refractivity contribution < 1.29 is 29.0 Å². The van der Waals surface area contributed by atoms with Crippen LogP contribution in [0.2, 0.25) is 0 Å². The number of pyridine rings is 2. The Morgan fingerprint density at radius 2 is 2.06 bits per heavy atom. The van der Waals surface area contributed by atoms with Gasteiger partial charge < -0.3 is 23.9 Å². The van der Waals surface area contributed by atoms with Crippen molar-refractivity contribution in [3.63, 3.8) is 0 Å². The Bertz CT molecular complexity index is 1530. The van der Waals surface area contributed by atoms with E-state index in [0.29, 0.717) is 22.5 Å². The van der Waals surface area contributed by atoms with Crippen molar-refractivity contribution in [2.75, 3.05) is 6.79 Å². The normalized spacial score (nSPS) is 19.6. The molecule has 12 heteroatoms. The molecule has 0 aliphatic carbocycles. The number of alkyl halides is 1. The third kappa shape index (κ3) is 2.48. The molecular weight excluding hydrogens is 470 g/mol. The van der Waals surface area contributed by atoms with E-state index in [1.165, 1.54) is 4.57 Å². The molecule has 0 fully saturated rings. The number of nitrogens with zero attached hydrogens (tertiary/aromatic N) is 3. The first kappa shape index (κ1) is 20.9. The van der Waals surface area contributed by atoms with Crippen molar-refractivity contribution in [2.45, 2.75) is 38.0 Å². The molecule has 3 aromatic rings. The number of ether oxygens (including phenoxy) is 3. The number of hydrogen-bond donors (Lipinski definition) is 1. The van der Waals surface area contributed by atoms with Crippen LogP contribution in [0.25, 0.3) is 22.3 Å². The highest BCUT2D eigenvalue weighted by Gasteiger charge is 2.45. The van der Waals surface area contributed by atoms with Gasteiger partial charge in [0, 0.05) is 23.1 Å². The van der Waals surface area contributed by atoms with Gasteiger partial charge in [-0.2, -0.15) is 0 Å². The minimum absolute atomic E-state index is 0.0115. The van der Waals surface area contributed by atoms with Crippen LogP contribution < -0.4 is 15.0 Å². The van der Waals surface area contributed by atoms with Crippen molar-refractivity contribution in [3.8, 4) is 22.9 Å². The maximum absolute atomic E-state index is 13.4. The number of rotatable bonds is 3. The molecule has 0 amide bonds. The largest absolute Gasteiger partial charge is 0.458 e. The second-order valence-electron chi connectivity index (χ2n) is 8.26. The predicted molar refractivity (Wildman–Crippen MR) is 117 cm³/mol. The summed E-state index contributed by atoms with van der Waals surface area (Å²) in [6.45, 7) is 1.29. The van der Waals surface area contributed by atoms with E-state index in [4.69, 9.17) is 25.8 Å². The zero-order valence-corrected chi connectivity index (χ0v) is 18.5. The lowest BCUT2D eigenvalue weighted by atomic mass is 9.86. The molecule has 0 saturated heterocycles. The molecule has 1 aromatic carbocycles. The van der Waals surface area contributed by atoms with Gasteiger partial charge in [-0.25, -0.2) is 9.78 Å². The minimum Gasteiger partial charge on any atom is -0.458 e. The molecule has 1 N–H and O–H groups in total. The highest BCUT2D eigenvalue weighted by molar-refractivity contribution is 6.19. The van der Waals surface area contributed by atoms with Crippen molar-refractivity contribution in [3.05, 3.63) is 54.9 Å². The summed E-state index contributed by atoms with van der Waals surface area (Å²) in [4.78, 5) is 41.8. The van der Waals surface area contributed by atoms with Gasteiger partial charge in [0.15, 0.2) is 11.4 Å². The first-order valence-electron chi connectivity index (χ1n) is 10.5. The van der Waals surface area contributed by atoms with Gasteiger partial charge in [-0.1, -0.05) is 6.92 Å². The summed E-state index contributed by atoms with van der Waals surface area (Å²) in [5, 5.41) is 23.2. The van der Waals surface area contributed by atoms with E-state index < -0.39 is 22.1 Å². The quantitative estimate of drug-likeness (QED) is 0.200. The number of cyclic esters (lactones) is 1. The molecular formula is C22H16ClN3O8. The molecule has 0 spiro atoms. The second kappa shape index (κ2) is 6.90. The van der Waals surface area contributed by atoms with Gasteiger partial charge in [0.1, 0.15) is 6.61 Å². The Morgan fingerprint density at radius 1 is 1.26 bits per heavy atom. The molecule has 3 aliphatic heterocycles. The summed E-state index contributed by atoms with van der Waals surface area (Å²) in [7, 11) is 0. The highest BCUT2D eigenvalue weighted by Crippen LogP contribution is 2.49. The second-order valence-corrected chi connectivity index (χ2v) is 8.53. The molecule has 5 heterocycles. The van der Waals surface area contributed by atoms with E-state index in [0.717, 1.165) is 0 Å². The van der Waals surface area contributed by atoms with Crippen LogP contribution in [0.4, 0.5) is 5.69 Å². The monoisotopic (exact) mass is 485 g/mol. The Labute approximate surface area is 195 Å². The Kier molecular flexibility index (Phi) is 4.24. The first-order chi connectivity index (χ1) is 16.3. The van der Waals surface area contributed by atoms with E-state index >= 15 is 0 Å². The SMILES string of the molecule is CC[C@@]1(O)C(=O)OCc2c1cc1n(c2=O)Cc2c-1nc1cc3c(c([N+](=O)[O-])c1c2CCl)OCO3. The summed E-state index contributed by atoms with van der Waals surface area (Å²) in [6, 6.07) is 3.12. The zero-order chi connectivity index (χ0) is 23.9. The number of fused-ring (bicyclic) bond motifs is 6. The average molecular weight is 486 g/mol. The van der Waals surface area contributed by atoms with Gasteiger partial charge in [-0.15, -0.1) is 11.6 Å². The van der Waals surface area contributed by atoms with Gasteiger partial charge in [-0.05, 0) is 18.1 Å². The number of esters is 1. The summed E-state index contributed by atoms with van der Waals surface area (Å²) < 4.78 is 17.2. The molecule has 34 heavy (non-hydrogen) atoms. The molecule has 0 saturated carbocycles. The van der Waals surface area contributed by atoms with Gasteiger partial charge in [-0.3, -0.25) is 14.9 Å². The molecule has 3 aliphatic rings. The highest BCUT2D eigenvalue weighted by atomic mass is 35.5. The number of carbonyl (C=O) groups excluding carboxylic acids is 1. The summed E-state index contributed by atoms with van der Waals surface area (Å²) >= 11 is 6.30. The van der Waals surface area contributed by atoms with E-state index in [1.807, 2.05) is 0 Å². The lowest BCUT2D eigenvalue weighted by Crippen LogP contribution is -2.44. The zero-order valence-electron chi connectivity index (χ0n) is 17.7. The lowest BCUT2D eigenvalue weighted by molar-refractivity contribution is -0.383. The Balaban J connectivity index is 1.69. The van der Waals surface area contributed by atoms with Gasteiger partial charge in [0.05, 0.1) is 39.3 Å². The van der Waals surface area contributed by atoms with Crippen LogP contribution in [-0.2, 0) is 34.2 Å². The molecule has 1 atom stereocenters. The van der Waals surface area contributed by atoms with Gasteiger partial charge in [0.2, 0.25) is 12.5 Å². The number of aliphatic hydroxyl groups is 1. The fraction of sp³-hybridized carbons (Fsp3) is 0.318. The smallest absolute Gasteiger partial charge is 0.343 e. The Hall–Kier alpha value is -3.70. The van der Waals surface area contributed by atoms with Crippen LogP contribution in [0.15, 0.2) is 16.9 Å². The van der Waals surface area contributed by atoms with Crippen molar-refractivity contribution in [1.29, 1.82) is 0 Å². The third-order valence-corrected chi connectivity index (χ3v) is 6.99. The number of nitro groups is 1. The first-order valence-corrected chi connectivity index (χ1v) is 11.0. The fourth-order valence-electron chi connectivity index (χ4n) is 4.99.